The maximum absolute atomic E-state index is 13.1. The molecule has 2 rings (SSSR count). The molecule has 2 amide bonds. The summed E-state index contributed by atoms with van der Waals surface area (Å²) >= 11 is 0. The summed E-state index contributed by atoms with van der Waals surface area (Å²) in [4.78, 5) is 26.4. The van der Waals surface area contributed by atoms with Crippen molar-refractivity contribution in [3.8, 4) is 0 Å². The van der Waals surface area contributed by atoms with E-state index in [-0.39, 0.29) is 23.3 Å². The fourth-order valence-corrected chi connectivity index (χ4v) is 3.32. The fourth-order valence-electron chi connectivity index (χ4n) is 3.32. The van der Waals surface area contributed by atoms with Crippen LogP contribution in [0.25, 0.3) is 0 Å². The highest BCUT2D eigenvalue weighted by molar-refractivity contribution is 5.86. The van der Waals surface area contributed by atoms with E-state index in [0.29, 0.717) is 12.4 Å². The van der Waals surface area contributed by atoms with Crippen molar-refractivity contribution in [1.82, 2.24) is 30.4 Å². The third-order valence-electron chi connectivity index (χ3n) is 4.76. The molecule has 1 aromatic rings. The molecule has 8 heteroatoms. The lowest BCUT2D eigenvalue weighted by molar-refractivity contribution is -0.138. The maximum atomic E-state index is 13.1. The number of piperidine rings is 1. The minimum atomic E-state index is -0.456. The van der Waals surface area contributed by atoms with Gasteiger partial charge in [-0.15, -0.1) is 5.10 Å². The van der Waals surface area contributed by atoms with Crippen molar-refractivity contribution in [3.05, 3.63) is 18.5 Å². The molecule has 0 radical (unpaired) electrons. The van der Waals surface area contributed by atoms with Gasteiger partial charge in [-0.05, 0) is 49.1 Å². The lowest BCUT2D eigenvalue weighted by atomic mass is 9.95. The van der Waals surface area contributed by atoms with Gasteiger partial charge in [-0.1, -0.05) is 27.4 Å². The van der Waals surface area contributed by atoms with E-state index >= 15 is 0 Å². The Hall–Kier alpha value is -2.25. The van der Waals surface area contributed by atoms with Gasteiger partial charge in [0, 0.05) is 24.5 Å². The normalized spacial score (nSPS) is 19.1. The molecule has 1 aliphatic rings. The van der Waals surface area contributed by atoms with Gasteiger partial charge >= 0.3 is 0 Å². The van der Waals surface area contributed by atoms with Crippen LogP contribution in [0, 0.1) is 0 Å². The molecule has 144 valence electrons. The number of nitrogens with zero attached hydrogens (tertiary/aromatic N) is 5. The number of likely N-dealkylation sites (tertiary alicyclic amines) is 1. The van der Waals surface area contributed by atoms with E-state index in [1.54, 1.807) is 4.68 Å². The van der Waals surface area contributed by atoms with Crippen molar-refractivity contribution in [3.63, 3.8) is 0 Å². The molecule has 8 nitrogen and oxygen atoms in total. The summed E-state index contributed by atoms with van der Waals surface area (Å²) in [5.41, 5.74) is -0.242. The van der Waals surface area contributed by atoms with Crippen molar-refractivity contribution in [2.75, 3.05) is 13.1 Å². The zero-order valence-corrected chi connectivity index (χ0v) is 16.2. The van der Waals surface area contributed by atoms with Crippen LogP contribution >= 0.6 is 0 Å². The topological polar surface area (TPSA) is 93.0 Å². The molecule has 0 saturated carbocycles. The third kappa shape index (κ3) is 4.68. The maximum Gasteiger partial charge on any atom is 0.247 e. The number of hydrogen-bond donors (Lipinski definition) is 1. The monoisotopic (exact) mass is 362 g/mol. The Bertz CT molecular complexity index is 648. The quantitative estimate of drug-likeness (QED) is 0.776. The first-order chi connectivity index (χ1) is 12.3. The average Bonchev–Trinajstić information content (AvgIpc) is 3.11. The van der Waals surface area contributed by atoms with Crippen LogP contribution in [-0.2, 0) is 15.0 Å². The molecule has 1 aromatic heterocycles. The number of tetrazole rings is 1. The molecule has 0 spiro atoms. The molecular formula is C18H30N6O2. The highest BCUT2D eigenvalue weighted by Crippen LogP contribution is 2.26. The van der Waals surface area contributed by atoms with Crippen molar-refractivity contribution >= 4 is 11.8 Å². The molecule has 2 unspecified atom stereocenters. The average molecular weight is 362 g/mol. The number of carbonyl (C=O) groups is 2. The Labute approximate surface area is 155 Å². The van der Waals surface area contributed by atoms with Gasteiger partial charge in [-0.2, -0.15) is 0 Å². The van der Waals surface area contributed by atoms with Gasteiger partial charge in [0.1, 0.15) is 6.04 Å². The molecule has 0 aromatic carbocycles. The summed E-state index contributed by atoms with van der Waals surface area (Å²) in [6, 6.07) is -0.332. The van der Waals surface area contributed by atoms with Crippen molar-refractivity contribution in [2.24, 2.45) is 0 Å². The smallest absolute Gasteiger partial charge is 0.247 e. The molecule has 1 N–H and O–H groups in total. The highest BCUT2D eigenvalue weighted by atomic mass is 16.2. The van der Waals surface area contributed by atoms with Gasteiger partial charge in [0.25, 0.3) is 0 Å². The molecule has 1 fully saturated rings. The Kier molecular flexibility index (Phi) is 6.50. The summed E-state index contributed by atoms with van der Waals surface area (Å²) in [5.74, 6) is 0.545. The summed E-state index contributed by atoms with van der Waals surface area (Å²) in [5, 5.41) is 14.7. The molecular weight excluding hydrogens is 332 g/mol. The van der Waals surface area contributed by atoms with E-state index in [2.05, 4.69) is 27.4 Å². The highest BCUT2D eigenvalue weighted by Gasteiger charge is 2.33. The fraction of sp³-hybridized carbons (Fsp3) is 0.722. The minimum Gasteiger partial charge on any atom is -0.352 e. The van der Waals surface area contributed by atoms with E-state index < -0.39 is 6.04 Å². The van der Waals surface area contributed by atoms with Crippen LogP contribution in [0.5, 0.6) is 0 Å². The Balaban J connectivity index is 2.09. The lowest BCUT2D eigenvalue weighted by Crippen LogP contribution is -2.48. The summed E-state index contributed by atoms with van der Waals surface area (Å²) in [6.07, 6.45) is 5.04. The first kappa shape index (κ1) is 20.1. The van der Waals surface area contributed by atoms with E-state index in [9.17, 15) is 9.59 Å². The number of carbonyl (C=O) groups excluding carboxylic acids is 2. The predicted molar refractivity (Wildman–Crippen MR) is 98.4 cm³/mol. The second-order valence-electron chi connectivity index (χ2n) is 7.84. The Morgan fingerprint density at radius 3 is 2.77 bits per heavy atom. The molecule has 0 bridgehead atoms. The first-order valence-corrected chi connectivity index (χ1v) is 9.24. The first-order valence-electron chi connectivity index (χ1n) is 9.24. The largest absolute Gasteiger partial charge is 0.352 e. The van der Waals surface area contributed by atoms with Crippen LogP contribution in [-0.4, -0.2) is 56.1 Å². The second-order valence-corrected chi connectivity index (χ2v) is 7.84. The predicted octanol–water partition coefficient (Wildman–Crippen LogP) is 1.60. The summed E-state index contributed by atoms with van der Waals surface area (Å²) in [7, 11) is 0. The minimum absolute atomic E-state index is 0.0301. The number of rotatable bonds is 6. The van der Waals surface area contributed by atoms with Gasteiger partial charge in [-0.3, -0.25) is 9.59 Å². The SMILES string of the molecule is C=CC(=O)NCCC1CCCCN1C(=O)C(C)n1nnnc1C(C)(C)C. The molecule has 1 saturated heterocycles. The van der Waals surface area contributed by atoms with Crippen LogP contribution in [0.15, 0.2) is 12.7 Å². The van der Waals surface area contributed by atoms with E-state index in [1.165, 1.54) is 6.08 Å². The van der Waals surface area contributed by atoms with E-state index in [0.717, 1.165) is 32.2 Å². The third-order valence-corrected chi connectivity index (χ3v) is 4.76. The van der Waals surface area contributed by atoms with Gasteiger partial charge in [0.2, 0.25) is 11.8 Å². The van der Waals surface area contributed by atoms with Gasteiger partial charge in [0.15, 0.2) is 5.82 Å². The van der Waals surface area contributed by atoms with E-state index in [4.69, 9.17) is 0 Å². The molecule has 1 aliphatic heterocycles. The Morgan fingerprint density at radius 2 is 2.12 bits per heavy atom. The van der Waals surface area contributed by atoms with Crippen molar-refractivity contribution in [2.45, 2.75) is 70.9 Å². The zero-order chi connectivity index (χ0) is 19.3. The van der Waals surface area contributed by atoms with Crippen molar-refractivity contribution < 1.29 is 9.59 Å². The standard InChI is InChI=1S/C18H30N6O2/c1-6-15(25)19-11-10-14-9-7-8-12-23(14)16(26)13(2)24-17(18(3,4)5)20-21-22-24/h6,13-14H,1,7-12H2,2-5H3,(H,19,25). The number of aromatic nitrogens is 4. The number of hydrogen-bond acceptors (Lipinski definition) is 5. The van der Waals surface area contributed by atoms with E-state index in [1.807, 2.05) is 32.6 Å². The van der Waals surface area contributed by atoms with Crippen LogP contribution in [0.1, 0.15) is 65.2 Å². The van der Waals surface area contributed by atoms with Crippen LogP contribution in [0.4, 0.5) is 0 Å². The van der Waals surface area contributed by atoms with Gasteiger partial charge in [0.05, 0.1) is 0 Å². The van der Waals surface area contributed by atoms with Gasteiger partial charge < -0.3 is 10.2 Å². The van der Waals surface area contributed by atoms with Crippen LogP contribution in [0.2, 0.25) is 0 Å². The lowest BCUT2D eigenvalue weighted by Gasteiger charge is -2.37. The van der Waals surface area contributed by atoms with Crippen LogP contribution in [0.3, 0.4) is 0 Å². The Morgan fingerprint density at radius 1 is 1.38 bits per heavy atom. The number of amides is 2. The van der Waals surface area contributed by atoms with Crippen LogP contribution < -0.4 is 5.32 Å². The van der Waals surface area contributed by atoms with Gasteiger partial charge in [-0.25, -0.2) is 4.68 Å². The molecule has 0 aliphatic carbocycles. The summed E-state index contributed by atoms with van der Waals surface area (Å²) < 4.78 is 1.63. The van der Waals surface area contributed by atoms with Crippen molar-refractivity contribution in [1.29, 1.82) is 0 Å². The number of nitrogens with one attached hydrogen (secondary N) is 1. The summed E-state index contributed by atoms with van der Waals surface area (Å²) in [6.45, 7) is 12.6. The zero-order valence-electron chi connectivity index (χ0n) is 16.2. The second kappa shape index (κ2) is 8.42. The molecule has 2 atom stereocenters. The molecule has 26 heavy (non-hydrogen) atoms. The molecule has 2 heterocycles.